The second kappa shape index (κ2) is 8.72. The van der Waals surface area contributed by atoms with Gasteiger partial charge in [-0.25, -0.2) is 4.68 Å². The number of benzene rings is 1. The molecule has 2 amide bonds. The third-order valence-corrected chi connectivity index (χ3v) is 4.63. The molecule has 0 fully saturated rings. The van der Waals surface area contributed by atoms with Crippen LogP contribution in [0.5, 0.6) is 0 Å². The number of nitrogens with one attached hydrogen (secondary N) is 2. The first-order valence-corrected chi connectivity index (χ1v) is 9.60. The summed E-state index contributed by atoms with van der Waals surface area (Å²) in [6.45, 7) is 5.91. The molecular weight excluding hydrogens is 372 g/mol. The predicted octanol–water partition coefficient (Wildman–Crippen LogP) is 2.87. The fraction of sp³-hybridized carbons (Fsp3) is 0.333. The fourth-order valence-electron chi connectivity index (χ4n) is 3.16. The van der Waals surface area contributed by atoms with Gasteiger partial charge in [-0.1, -0.05) is 38.0 Å². The second-order valence-electron chi connectivity index (χ2n) is 6.86. The van der Waals surface area contributed by atoms with Crippen LogP contribution in [0.3, 0.4) is 0 Å². The first kappa shape index (κ1) is 20.3. The van der Waals surface area contributed by atoms with Crippen molar-refractivity contribution in [3.63, 3.8) is 0 Å². The van der Waals surface area contributed by atoms with Crippen molar-refractivity contribution in [2.24, 2.45) is 0 Å². The van der Waals surface area contributed by atoms with Gasteiger partial charge in [-0.15, -0.1) is 0 Å². The number of rotatable bonds is 6. The van der Waals surface area contributed by atoms with Gasteiger partial charge in [0.1, 0.15) is 11.5 Å². The average molecular weight is 396 g/mol. The van der Waals surface area contributed by atoms with Crippen molar-refractivity contribution in [2.75, 3.05) is 0 Å². The van der Waals surface area contributed by atoms with Crippen molar-refractivity contribution in [3.8, 4) is 0 Å². The highest BCUT2D eigenvalue weighted by molar-refractivity contribution is 6.06. The molecule has 8 nitrogen and oxygen atoms in total. The molecular formula is C21H24N4O4. The van der Waals surface area contributed by atoms with Crippen LogP contribution in [0.1, 0.15) is 58.6 Å². The molecule has 0 spiro atoms. The first-order chi connectivity index (χ1) is 13.9. The molecule has 0 atom stereocenters. The van der Waals surface area contributed by atoms with Gasteiger partial charge >= 0.3 is 0 Å². The third kappa shape index (κ3) is 4.37. The van der Waals surface area contributed by atoms with Crippen LogP contribution in [0.15, 0.2) is 39.5 Å². The van der Waals surface area contributed by atoms with Crippen LogP contribution in [0.4, 0.5) is 0 Å². The number of aromatic nitrogens is 2. The van der Waals surface area contributed by atoms with E-state index in [1.54, 1.807) is 44.2 Å². The molecule has 2 N–H and O–H groups in total. The highest BCUT2D eigenvalue weighted by Gasteiger charge is 2.19. The van der Waals surface area contributed by atoms with E-state index in [0.29, 0.717) is 34.4 Å². The Hall–Kier alpha value is -3.42. The Bertz CT molecular complexity index is 1110. The van der Waals surface area contributed by atoms with E-state index in [-0.39, 0.29) is 11.3 Å². The molecule has 2 aromatic heterocycles. The number of carbonyl (C=O) groups excluding carboxylic acids is 2. The van der Waals surface area contributed by atoms with Crippen LogP contribution in [-0.2, 0) is 6.54 Å². The van der Waals surface area contributed by atoms with E-state index in [4.69, 9.17) is 4.42 Å². The monoisotopic (exact) mass is 396 g/mol. The molecule has 152 valence electrons. The molecule has 0 aliphatic heterocycles. The summed E-state index contributed by atoms with van der Waals surface area (Å²) in [4.78, 5) is 37.7. The molecule has 0 unspecified atom stereocenters. The van der Waals surface area contributed by atoms with Gasteiger partial charge in [0, 0.05) is 11.9 Å². The van der Waals surface area contributed by atoms with Crippen molar-refractivity contribution in [3.05, 3.63) is 63.5 Å². The lowest BCUT2D eigenvalue weighted by molar-refractivity contribution is 0.0842. The molecule has 3 rings (SSSR count). The quantitative estimate of drug-likeness (QED) is 0.492. The first-order valence-electron chi connectivity index (χ1n) is 9.60. The molecule has 0 saturated heterocycles. The summed E-state index contributed by atoms with van der Waals surface area (Å²) in [5.74, 6) is -0.0296. The van der Waals surface area contributed by atoms with Crippen LogP contribution in [0, 0.1) is 13.8 Å². The predicted molar refractivity (Wildman–Crippen MR) is 109 cm³/mol. The number of carbonyl (C=O) groups is 2. The van der Waals surface area contributed by atoms with E-state index >= 15 is 0 Å². The standard InChI is InChI=1S/C21H24N4O4/c1-4-5-8-11-25-21(28)16-10-7-6-9-15(16)18(24-25)20(27)23-22-19(26)17-12-13(2)29-14(17)3/h6-7,9-10,12H,4-5,8,11H2,1-3H3,(H,22,26)(H,23,27). The largest absolute Gasteiger partial charge is 0.466 e. The molecule has 0 bridgehead atoms. The molecule has 0 radical (unpaired) electrons. The van der Waals surface area contributed by atoms with Crippen LogP contribution in [-0.4, -0.2) is 21.6 Å². The molecule has 0 saturated carbocycles. The van der Waals surface area contributed by atoms with Crippen molar-refractivity contribution < 1.29 is 14.0 Å². The van der Waals surface area contributed by atoms with Crippen LogP contribution in [0.2, 0.25) is 0 Å². The molecule has 2 heterocycles. The van der Waals surface area contributed by atoms with Gasteiger partial charge in [0.05, 0.1) is 10.9 Å². The van der Waals surface area contributed by atoms with Crippen LogP contribution < -0.4 is 16.4 Å². The van der Waals surface area contributed by atoms with Crippen molar-refractivity contribution in [1.82, 2.24) is 20.6 Å². The molecule has 0 aliphatic carbocycles. The number of fused-ring (bicyclic) bond motifs is 1. The van der Waals surface area contributed by atoms with Gasteiger partial charge in [-0.3, -0.25) is 25.2 Å². The number of hydrazine groups is 1. The summed E-state index contributed by atoms with van der Waals surface area (Å²) in [6.07, 6.45) is 2.76. The lowest BCUT2D eigenvalue weighted by Crippen LogP contribution is -2.43. The normalized spacial score (nSPS) is 10.9. The SMILES string of the molecule is CCCCCn1nc(C(=O)NNC(=O)c2cc(C)oc2C)c2ccccc2c1=O. The van der Waals surface area contributed by atoms with E-state index in [1.165, 1.54) is 4.68 Å². The fourth-order valence-corrected chi connectivity index (χ4v) is 3.16. The lowest BCUT2D eigenvalue weighted by Gasteiger charge is -2.11. The molecule has 29 heavy (non-hydrogen) atoms. The van der Waals surface area contributed by atoms with Crippen molar-refractivity contribution in [1.29, 1.82) is 0 Å². The molecule has 0 aliphatic rings. The maximum absolute atomic E-state index is 12.8. The van der Waals surface area contributed by atoms with Gasteiger partial charge in [-0.2, -0.15) is 5.10 Å². The Kier molecular flexibility index (Phi) is 6.11. The van der Waals surface area contributed by atoms with Gasteiger partial charge in [0.2, 0.25) is 0 Å². The van der Waals surface area contributed by atoms with E-state index in [0.717, 1.165) is 19.3 Å². The van der Waals surface area contributed by atoms with Gasteiger partial charge in [0.15, 0.2) is 5.69 Å². The highest BCUT2D eigenvalue weighted by atomic mass is 16.3. The Labute approximate surface area is 167 Å². The van der Waals surface area contributed by atoms with Gasteiger partial charge in [0.25, 0.3) is 17.4 Å². The highest BCUT2D eigenvalue weighted by Crippen LogP contribution is 2.15. The van der Waals surface area contributed by atoms with Crippen molar-refractivity contribution >= 4 is 22.6 Å². The number of amides is 2. The molecule has 8 heteroatoms. The summed E-state index contributed by atoms with van der Waals surface area (Å²) in [7, 11) is 0. The lowest BCUT2D eigenvalue weighted by atomic mass is 10.1. The van der Waals surface area contributed by atoms with Gasteiger partial charge < -0.3 is 4.42 Å². The number of aryl methyl sites for hydroxylation is 3. The number of nitrogens with zero attached hydrogens (tertiary/aromatic N) is 2. The number of furan rings is 1. The van der Waals surface area contributed by atoms with E-state index in [9.17, 15) is 14.4 Å². The second-order valence-corrected chi connectivity index (χ2v) is 6.86. The number of unbranched alkanes of at least 4 members (excludes halogenated alkanes) is 2. The topological polar surface area (TPSA) is 106 Å². The number of hydrogen-bond donors (Lipinski definition) is 2. The number of hydrogen-bond acceptors (Lipinski definition) is 5. The maximum atomic E-state index is 12.8. The average Bonchev–Trinajstić information content (AvgIpc) is 3.06. The summed E-state index contributed by atoms with van der Waals surface area (Å²) < 4.78 is 6.65. The molecule has 3 aromatic rings. The summed E-state index contributed by atoms with van der Waals surface area (Å²) in [5.41, 5.74) is 4.94. The van der Waals surface area contributed by atoms with E-state index in [2.05, 4.69) is 22.9 Å². The minimum atomic E-state index is -0.600. The Morgan fingerprint density at radius 3 is 2.41 bits per heavy atom. The minimum absolute atomic E-state index is 0.0806. The Morgan fingerprint density at radius 2 is 1.76 bits per heavy atom. The smallest absolute Gasteiger partial charge is 0.290 e. The summed E-state index contributed by atoms with van der Waals surface area (Å²) >= 11 is 0. The van der Waals surface area contributed by atoms with E-state index in [1.807, 2.05) is 0 Å². The van der Waals surface area contributed by atoms with Gasteiger partial charge in [-0.05, 0) is 32.4 Å². The zero-order chi connectivity index (χ0) is 21.0. The van der Waals surface area contributed by atoms with E-state index < -0.39 is 11.8 Å². The third-order valence-electron chi connectivity index (χ3n) is 4.63. The van der Waals surface area contributed by atoms with Crippen LogP contribution >= 0.6 is 0 Å². The molecule has 1 aromatic carbocycles. The zero-order valence-corrected chi connectivity index (χ0v) is 16.7. The maximum Gasteiger partial charge on any atom is 0.290 e. The Morgan fingerprint density at radius 1 is 1.07 bits per heavy atom. The van der Waals surface area contributed by atoms with Crippen LogP contribution in [0.25, 0.3) is 10.8 Å². The summed E-state index contributed by atoms with van der Waals surface area (Å²) in [6, 6.07) is 8.41. The Balaban J connectivity index is 1.86. The zero-order valence-electron chi connectivity index (χ0n) is 16.7. The van der Waals surface area contributed by atoms with Crippen molar-refractivity contribution in [2.45, 2.75) is 46.6 Å². The minimum Gasteiger partial charge on any atom is -0.466 e. The summed E-state index contributed by atoms with van der Waals surface area (Å²) in [5, 5.41) is 5.12.